The molecule has 0 saturated heterocycles. The topological polar surface area (TPSA) is 56.7 Å². The van der Waals surface area contributed by atoms with Crippen LogP contribution in [-0.4, -0.2) is 23.0 Å². The summed E-state index contributed by atoms with van der Waals surface area (Å²) in [6, 6.07) is 5.11. The van der Waals surface area contributed by atoms with Gasteiger partial charge in [0.05, 0.1) is 6.21 Å². The lowest BCUT2D eigenvalue weighted by atomic mass is 10.2. The fourth-order valence-corrected chi connectivity index (χ4v) is 1.57. The van der Waals surface area contributed by atoms with E-state index in [1.165, 1.54) is 6.21 Å². The van der Waals surface area contributed by atoms with Crippen LogP contribution in [0.2, 0.25) is 0 Å². The molecule has 0 spiro atoms. The molecule has 0 aromatic heterocycles. The van der Waals surface area contributed by atoms with Gasteiger partial charge in [0.25, 0.3) is 0 Å². The molecule has 3 N–H and O–H groups in total. The number of phenols is 1. The highest BCUT2D eigenvalue weighted by Crippen LogP contribution is 2.19. The average Bonchev–Trinajstić information content (AvgIpc) is 2.23. The minimum atomic E-state index is 0.170. The number of rotatable bonds is 3. The molecule has 0 unspecified atom stereocenters. The average molecular weight is 302 g/mol. The minimum absolute atomic E-state index is 0.170. The van der Waals surface area contributed by atoms with Crippen LogP contribution in [0.3, 0.4) is 0 Å². The molecule has 0 aliphatic rings. The Bertz CT molecular complexity index is 409. The molecule has 0 aliphatic carbocycles. The number of benzene rings is 1. The zero-order chi connectivity index (χ0) is 12.0. The van der Waals surface area contributed by atoms with Gasteiger partial charge in [0, 0.05) is 16.6 Å². The fourth-order valence-electron chi connectivity index (χ4n) is 0.989. The first-order chi connectivity index (χ1) is 7.63. The molecule has 0 heterocycles. The summed E-state index contributed by atoms with van der Waals surface area (Å²) in [6.45, 7) is 2.68. The van der Waals surface area contributed by atoms with E-state index in [-0.39, 0.29) is 5.75 Å². The molecule has 0 amide bonds. The third kappa shape index (κ3) is 4.16. The summed E-state index contributed by atoms with van der Waals surface area (Å²) in [6.07, 6.45) is 1.50. The Labute approximate surface area is 108 Å². The van der Waals surface area contributed by atoms with E-state index in [9.17, 15) is 5.11 Å². The summed E-state index contributed by atoms with van der Waals surface area (Å²) in [5.41, 5.74) is 3.25. The summed E-state index contributed by atoms with van der Waals surface area (Å²) >= 11 is 8.23. The van der Waals surface area contributed by atoms with Crippen LogP contribution in [0.15, 0.2) is 27.8 Å². The molecule has 0 bridgehead atoms. The lowest BCUT2D eigenvalue weighted by molar-refractivity contribution is 0.474. The van der Waals surface area contributed by atoms with Crippen molar-refractivity contribution in [1.29, 1.82) is 0 Å². The normalized spacial score (nSPS) is 10.4. The monoisotopic (exact) mass is 301 g/mol. The lowest BCUT2D eigenvalue weighted by Gasteiger charge is -2.03. The molecule has 0 aliphatic heterocycles. The Morgan fingerprint density at radius 2 is 2.38 bits per heavy atom. The summed E-state index contributed by atoms with van der Waals surface area (Å²) in [7, 11) is 0. The standard InChI is InChI=1S/C10H12BrN3OS/c1-2-12-10(16)14-13-6-7-5-8(11)3-4-9(7)15/h3-6,15H,2H2,1H3,(H2,12,14,16)/b13-6+. The summed E-state index contributed by atoms with van der Waals surface area (Å²) in [5.74, 6) is 0.170. The van der Waals surface area contributed by atoms with E-state index in [0.29, 0.717) is 10.7 Å². The van der Waals surface area contributed by atoms with Crippen LogP contribution < -0.4 is 10.7 Å². The largest absolute Gasteiger partial charge is 0.507 e. The highest BCUT2D eigenvalue weighted by Gasteiger charge is 1.98. The Morgan fingerprint density at radius 3 is 3.06 bits per heavy atom. The summed E-state index contributed by atoms with van der Waals surface area (Å²) in [4.78, 5) is 0. The van der Waals surface area contributed by atoms with Gasteiger partial charge in [0.1, 0.15) is 5.75 Å². The highest BCUT2D eigenvalue weighted by atomic mass is 79.9. The number of phenolic OH excluding ortho intramolecular Hbond substituents is 1. The van der Waals surface area contributed by atoms with Gasteiger partial charge in [-0.25, -0.2) is 0 Å². The van der Waals surface area contributed by atoms with Crippen LogP contribution in [0, 0.1) is 0 Å². The van der Waals surface area contributed by atoms with E-state index < -0.39 is 0 Å². The van der Waals surface area contributed by atoms with Crippen molar-refractivity contribution in [2.75, 3.05) is 6.54 Å². The first-order valence-corrected chi connectivity index (χ1v) is 5.89. The number of aromatic hydroxyl groups is 1. The van der Waals surface area contributed by atoms with Gasteiger partial charge in [-0.05, 0) is 37.3 Å². The molecule has 0 saturated carbocycles. The molecule has 0 atom stereocenters. The smallest absolute Gasteiger partial charge is 0.186 e. The predicted molar refractivity (Wildman–Crippen MR) is 72.8 cm³/mol. The van der Waals surface area contributed by atoms with Crippen LogP contribution >= 0.6 is 28.1 Å². The number of hydrogen-bond donors (Lipinski definition) is 3. The summed E-state index contributed by atoms with van der Waals surface area (Å²) < 4.78 is 0.876. The van der Waals surface area contributed by atoms with Gasteiger partial charge < -0.3 is 10.4 Å². The van der Waals surface area contributed by atoms with E-state index in [4.69, 9.17) is 12.2 Å². The number of nitrogens with one attached hydrogen (secondary N) is 2. The van der Waals surface area contributed by atoms with Crippen molar-refractivity contribution in [3.05, 3.63) is 28.2 Å². The first kappa shape index (κ1) is 12.9. The summed E-state index contributed by atoms with van der Waals surface area (Å²) in [5, 5.41) is 16.8. The Balaban J connectivity index is 2.62. The Morgan fingerprint density at radius 1 is 1.62 bits per heavy atom. The number of thiocarbonyl (C=S) groups is 1. The molecular formula is C10H12BrN3OS. The van der Waals surface area contributed by atoms with Gasteiger partial charge in [-0.1, -0.05) is 15.9 Å². The van der Waals surface area contributed by atoms with Crippen molar-refractivity contribution in [3.8, 4) is 5.75 Å². The SMILES string of the molecule is CCNC(=S)N/N=C/c1cc(Br)ccc1O. The van der Waals surface area contributed by atoms with E-state index in [2.05, 4.69) is 31.8 Å². The number of halogens is 1. The van der Waals surface area contributed by atoms with Crippen molar-refractivity contribution < 1.29 is 5.11 Å². The maximum atomic E-state index is 9.52. The van der Waals surface area contributed by atoms with E-state index in [1.807, 2.05) is 6.92 Å². The van der Waals surface area contributed by atoms with Gasteiger partial charge in [-0.15, -0.1) is 0 Å². The van der Waals surface area contributed by atoms with Crippen LogP contribution in [-0.2, 0) is 0 Å². The van der Waals surface area contributed by atoms with Crippen LogP contribution in [0.5, 0.6) is 5.75 Å². The zero-order valence-corrected chi connectivity index (χ0v) is 11.1. The van der Waals surface area contributed by atoms with Crippen molar-refractivity contribution in [3.63, 3.8) is 0 Å². The van der Waals surface area contributed by atoms with Crippen molar-refractivity contribution >= 4 is 39.5 Å². The van der Waals surface area contributed by atoms with Crippen LogP contribution in [0.25, 0.3) is 0 Å². The van der Waals surface area contributed by atoms with Gasteiger partial charge in [0.2, 0.25) is 0 Å². The molecule has 4 nitrogen and oxygen atoms in total. The molecule has 6 heteroatoms. The second-order valence-electron chi connectivity index (χ2n) is 2.93. The van der Waals surface area contributed by atoms with E-state index in [1.54, 1.807) is 18.2 Å². The van der Waals surface area contributed by atoms with Crippen molar-refractivity contribution in [2.24, 2.45) is 5.10 Å². The zero-order valence-electron chi connectivity index (χ0n) is 8.70. The van der Waals surface area contributed by atoms with Gasteiger partial charge >= 0.3 is 0 Å². The van der Waals surface area contributed by atoms with Gasteiger partial charge in [-0.2, -0.15) is 5.10 Å². The second kappa shape index (κ2) is 6.44. The number of nitrogens with zero attached hydrogens (tertiary/aromatic N) is 1. The second-order valence-corrected chi connectivity index (χ2v) is 4.26. The molecule has 16 heavy (non-hydrogen) atoms. The van der Waals surface area contributed by atoms with Gasteiger partial charge in [-0.3, -0.25) is 5.43 Å². The molecule has 1 aromatic carbocycles. The number of hydrogen-bond acceptors (Lipinski definition) is 3. The molecule has 1 aromatic rings. The van der Waals surface area contributed by atoms with Crippen LogP contribution in [0.4, 0.5) is 0 Å². The van der Waals surface area contributed by atoms with Gasteiger partial charge in [0.15, 0.2) is 5.11 Å². The molecule has 1 rings (SSSR count). The quantitative estimate of drug-likeness (QED) is 0.454. The molecule has 0 fully saturated rings. The van der Waals surface area contributed by atoms with E-state index in [0.717, 1.165) is 11.0 Å². The first-order valence-electron chi connectivity index (χ1n) is 4.69. The fraction of sp³-hybridized carbons (Fsp3) is 0.200. The lowest BCUT2D eigenvalue weighted by Crippen LogP contribution is -2.31. The molecule has 0 radical (unpaired) electrons. The van der Waals surface area contributed by atoms with E-state index >= 15 is 0 Å². The third-order valence-corrected chi connectivity index (χ3v) is 2.43. The predicted octanol–water partition coefficient (Wildman–Crippen LogP) is 1.97. The Hall–Kier alpha value is -1.14. The van der Waals surface area contributed by atoms with Crippen molar-refractivity contribution in [2.45, 2.75) is 6.92 Å². The Kier molecular flexibility index (Phi) is 5.21. The highest BCUT2D eigenvalue weighted by molar-refractivity contribution is 9.10. The maximum absolute atomic E-state index is 9.52. The molecular weight excluding hydrogens is 290 g/mol. The molecule has 86 valence electrons. The van der Waals surface area contributed by atoms with Crippen molar-refractivity contribution in [1.82, 2.24) is 10.7 Å². The third-order valence-electron chi connectivity index (χ3n) is 1.70. The maximum Gasteiger partial charge on any atom is 0.186 e. The van der Waals surface area contributed by atoms with Crippen LogP contribution in [0.1, 0.15) is 12.5 Å². The number of hydrazone groups is 1. The minimum Gasteiger partial charge on any atom is -0.507 e.